The number of nitrogens with two attached hydrogens (primary N) is 1. The monoisotopic (exact) mass is 409 g/mol. The molecule has 3 rings (SSSR count). The summed E-state index contributed by atoms with van der Waals surface area (Å²) in [5.41, 5.74) is 1.72. The highest BCUT2D eigenvalue weighted by Gasteiger charge is 2.42. The van der Waals surface area contributed by atoms with Crippen molar-refractivity contribution in [2.75, 3.05) is 12.3 Å². The highest BCUT2D eigenvalue weighted by Crippen LogP contribution is 2.31. The van der Waals surface area contributed by atoms with Crippen LogP contribution < -0.4 is 17.0 Å². The van der Waals surface area contributed by atoms with Gasteiger partial charge in [0.2, 0.25) is 11.4 Å². The second-order valence-corrected chi connectivity index (χ2v) is 6.52. The van der Waals surface area contributed by atoms with Crippen LogP contribution in [0.2, 0.25) is 0 Å². The lowest BCUT2D eigenvalue weighted by Gasteiger charge is -2.27. The molecule has 0 aliphatic carbocycles. The first-order valence-electron chi connectivity index (χ1n) is 8.89. The number of aromatic amines is 1. The van der Waals surface area contributed by atoms with Crippen LogP contribution in [0.1, 0.15) is 21.5 Å². The van der Waals surface area contributed by atoms with Crippen molar-refractivity contribution in [3.05, 3.63) is 98.2 Å². The van der Waals surface area contributed by atoms with Gasteiger partial charge in [0, 0.05) is 7.05 Å². The maximum atomic E-state index is 12.9. The lowest BCUT2D eigenvalue weighted by Crippen LogP contribution is -2.40. The zero-order chi connectivity index (χ0) is 21.9. The Labute approximate surface area is 170 Å². The third-order valence-electron chi connectivity index (χ3n) is 4.66. The fourth-order valence-electron chi connectivity index (χ4n) is 2.98. The first-order valence-corrected chi connectivity index (χ1v) is 8.89. The van der Waals surface area contributed by atoms with Crippen LogP contribution in [0.4, 0.5) is 5.82 Å². The minimum absolute atomic E-state index is 0.244. The molecule has 1 heterocycles. The number of rotatable bonds is 6. The smallest absolute Gasteiger partial charge is 0.348 e. The van der Waals surface area contributed by atoms with Gasteiger partial charge in [-0.05, 0) is 11.1 Å². The number of nitrogen functional groups attached to an aromatic ring is 1. The Balaban J connectivity index is 1.92. The quantitative estimate of drug-likeness (QED) is 0.393. The van der Waals surface area contributed by atoms with Crippen LogP contribution in [0.15, 0.2) is 70.3 Å². The van der Waals surface area contributed by atoms with Crippen LogP contribution >= 0.6 is 0 Å². The summed E-state index contributed by atoms with van der Waals surface area (Å²) in [6.07, 6.45) is 0. The van der Waals surface area contributed by atoms with E-state index in [-0.39, 0.29) is 16.9 Å². The normalized spacial score (nSPS) is 11.1. The number of anilines is 1. The fourth-order valence-corrected chi connectivity index (χ4v) is 2.98. The molecule has 0 unspecified atom stereocenters. The standard InChI is InChI=1S/C21H19N3O6/c1-24-17(22)16(18(26)23-20(24)28)15(25)12-30-19(27)21(29,13-8-4-2-5-9-13)14-10-6-3-7-11-14/h2-11,29H,12,22H2,1H3,(H,23,26,28). The summed E-state index contributed by atoms with van der Waals surface area (Å²) in [6, 6.07) is 16.2. The Morgan fingerprint density at radius 3 is 2.03 bits per heavy atom. The molecule has 154 valence electrons. The number of nitrogens with one attached hydrogen (secondary N) is 1. The zero-order valence-corrected chi connectivity index (χ0v) is 16.0. The van der Waals surface area contributed by atoms with Crippen molar-refractivity contribution in [2.24, 2.45) is 7.05 Å². The molecule has 9 nitrogen and oxygen atoms in total. The van der Waals surface area contributed by atoms with Crippen LogP contribution in [0, 0.1) is 0 Å². The summed E-state index contributed by atoms with van der Waals surface area (Å²) in [6.45, 7) is -0.855. The van der Waals surface area contributed by atoms with E-state index in [1.165, 1.54) is 7.05 Å². The van der Waals surface area contributed by atoms with Crippen LogP contribution in [-0.4, -0.2) is 33.0 Å². The van der Waals surface area contributed by atoms with Crippen molar-refractivity contribution in [2.45, 2.75) is 5.60 Å². The van der Waals surface area contributed by atoms with E-state index in [0.717, 1.165) is 4.57 Å². The third kappa shape index (κ3) is 3.65. The van der Waals surface area contributed by atoms with Crippen molar-refractivity contribution in [1.29, 1.82) is 0 Å². The maximum Gasteiger partial charge on any atom is 0.348 e. The lowest BCUT2D eigenvalue weighted by atomic mass is 9.86. The number of aromatic nitrogens is 2. The van der Waals surface area contributed by atoms with Crippen molar-refractivity contribution in [3.63, 3.8) is 0 Å². The number of H-pyrrole nitrogens is 1. The Hall–Kier alpha value is -3.98. The molecule has 1 aromatic heterocycles. The van der Waals surface area contributed by atoms with Crippen LogP contribution in [0.25, 0.3) is 0 Å². The summed E-state index contributed by atoms with van der Waals surface area (Å²) >= 11 is 0. The number of esters is 1. The second-order valence-electron chi connectivity index (χ2n) is 6.52. The number of carbonyl (C=O) groups is 2. The van der Waals surface area contributed by atoms with Gasteiger partial charge < -0.3 is 15.6 Å². The predicted molar refractivity (Wildman–Crippen MR) is 108 cm³/mol. The van der Waals surface area contributed by atoms with E-state index in [1.807, 2.05) is 4.98 Å². The topological polar surface area (TPSA) is 144 Å². The average Bonchev–Trinajstić information content (AvgIpc) is 2.76. The highest BCUT2D eigenvalue weighted by molar-refractivity contribution is 6.01. The first kappa shape index (κ1) is 20.7. The van der Waals surface area contributed by atoms with E-state index in [1.54, 1.807) is 60.7 Å². The summed E-state index contributed by atoms with van der Waals surface area (Å²) in [7, 11) is 1.28. The van der Waals surface area contributed by atoms with E-state index in [4.69, 9.17) is 10.5 Å². The molecule has 9 heteroatoms. The number of carbonyl (C=O) groups excluding carboxylic acids is 2. The first-order chi connectivity index (χ1) is 14.3. The second kappa shape index (κ2) is 8.18. The third-order valence-corrected chi connectivity index (χ3v) is 4.66. The summed E-state index contributed by atoms with van der Waals surface area (Å²) in [5.74, 6) is -2.37. The minimum Gasteiger partial charge on any atom is -0.455 e. The summed E-state index contributed by atoms with van der Waals surface area (Å²) in [4.78, 5) is 50.9. The number of hydrogen-bond donors (Lipinski definition) is 3. The molecule has 30 heavy (non-hydrogen) atoms. The van der Waals surface area contributed by atoms with E-state index in [0.29, 0.717) is 0 Å². The van der Waals surface area contributed by atoms with Gasteiger partial charge in [0.25, 0.3) is 5.56 Å². The lowest BCUT2D eigenvalue weighted by molar-refractivity contribution is -0.160. The number of hydrogen-bond acceptors (Lipinski definition) is 7. The van der Waals surface area contributed by atoms with Gasteiger partial charge in [-0.25, -0.2) is 9.59 Å². The largest absolute Gasteiger partial charge is 0.455 e. The molecule has 0 atom stereocenters. The molecule has 0 bridgehead atoms. The molecule has 0 saturated heterocycles. The SMILES string of the molecule is Cn1c(N)c(C(=O)COC(=O)C(O)(c2ccccc2)c2ccccc2)c(=O)[nH]c1=O. The number of ketones is 1. The molecular formula is C21H19N3O6. The summed E-state index contributed by atoms with van der Waals surface area (Å²) in [5, 5.41) is 11.3. The molecule has 0 amide bonds. The van der Waals surface area contributed by atoms with Gasteiger partial charge in [-0.15, -0.1) is 0 Å². The average molecular weight is 409 g/mol. The Morgan fingerprint density at radius 1 is 1.03 bits per heavy atom. The van der Waals surface area contributed by atoms with Gasteiger partial charge in [-0.2, -0.15) is 0 Å². The van der Waals surface area contributed by atoms with Crippen LogP contribution in [-0.2, 0) is 22.2 Å². The van der Waals surface area contributed by atoms with Gasteiger partial charge in [0.1, 0.15) is 11.4 Å². The Bertz CT molecular complexity index is 1160. The van der Waals surface area contributed by atoms with E-state index in [9.17, 15) is 24.3 Å². The number of aliphatic hydroxyl groups is 1. The number of nitrogens with zero attached hydrogens (tertiary/aromatic N) is 1. The van der Waals surface area contributed by atoms with Crippen LogP contribution in [0.5, 0.6) is 0 Å². The molecule has 0 fully saturated rings. The molecule has 0 spiro atoms. The molecule has 0 aliphatic rings. The zero-order valence-electron chi connectivity index (χ0n) is 16.0. The molecule has 0 aliphatic heterocycles. The van der Waals surface area contributed by atoms with Crippen molar-refractivity contribution < 1.29 is 19.4 Å². The maximum absolute atomic E-state index is 12.9. The summed E-state index contributed by atoms with van der Waals surface area (Å²) < 4.78 is 5.97. The van der Waals surface area contributed by atoms with Gasteiger partial charge in [0.05, 0.1) is 0 Å². The molecule has 0 saturated carbocycles. The van der Waals surface area contributed by atoms with Crippen molar-refractivity contribution >= 4 is 17.6 Å². The highest BCUT2D eigenvalue weighted by atomic mass is 16.6. The number of ether oxygens (including phenoxy) is 1. The Kier molecular flexibility index (Phi) is 5.65. The molecular weight excluding hydrogens is 390 g/mol. The van der Waals surface area contributed by atoms with Gasteiger partial charge in [0.15, 0.2) is 6.61 Å². The van der Waals surface area contributed by atoms with Crippen LogP contribution in [0.3, 0.4) is 0 Å². The predicted octanol–water partition coefficient (Wildman–Crippen LogP) is 0.318. The van der Waals surface area contributed by atoms with Gasteiger partial charge >= 0.3 is 11.7 Å². The van der Waals surface area contributed by atoms with E-state index < -0.39 is 40.8 Å². The van der Waals surface area contributed by atoms with Gasteiger partial charge in [-0.1, -0.05) is 60.7 Å². The number of Topliss-reactive ketones (excluding diaryl/α,β-unsaturated/α-hetero) is 1. The molecule has 2 aromatic carbocycles. The van der Waals surface area contributed by atoms with E-state index in [2.05, 4.69) is 0 Å². The molecule has 3 aromatic rings. The number of benzene rings is 2. The van der Waals surface area contributed by atoms with Crippen molar-refractivity contribution in [1.82, 2.24) is 9.55 Å². The van der Waals surface area contributed by atoms with Gasteiger partial charge in [-0.3, -0.25) is 19.1 Å². The fraction of sp³-hybridized carbons (Fsp3) is 0.143. The molecule has 4 N–H and O–H groups in total. The van der Waals surface area contributed by atoms with E-state index >= 15 is 0 Å². The van der Waals surface area contributed by atoms with Crippen molar-refractivity contribution in [3.8, 4) is 0 Å². The minimum atomic E-state index is -2.18. The molecule has 0 radical (unpaired) electrons. The Morgan fingerprint density at radius 2 is 1.53 bits per heavy atom.